The van der Waals surface area contributed by atoms with Crippen LogP contribution in [0.4, 0.5) is 0 Å². The van der Waals surface area contributed by atoms with Crippen LogP contribution in [0.1, 0.15) is 11.4 Å². The third-order valence-corrected chi connectivity index (χ3v) is 3.21. The zero-order valence-electron chi connectivity index (χ0n) is 10.1. The Kier molecular flexibility index (Phi) is 3.38. The van der Waals surface area contributed by atoms with Crippen LogP contribution in [0.15, 0.2) is 22.0 Å². The van der Waals surface area contributed by atoms with Crippen LogP contribution in [-0.2, 0) is 20.0 Å². The van der Waals surface area contributed by atoms with Crippen molar-refractivity contribution < 1.29 is 0 Å². The van der Waals surface area contributed by atoms with Crippen LogP contribution in [0.25, 0.3) is 0 Å². The van der Waals surface area contributed by atoms with Crippen molar-refractivity contribution in [2.45, 2.75) is 19.9 Å². The standard InChI is InChI=1S/C11H13ClN4O2/c1-7-9(12)14-11(18)16(10(7)17)5-3-8-13-4-6-15(8)2/h4,6H,3,5H2,1-2H3,(H,14,18). The number of hydrogen-bond donors (Lipinski definition) is 1. The molecule has 0 atom stereocenters. The lowest BCUT2D eigenvalue weighted by molar-refractivity contribution is 0.597. The van der Waals surface area contributed by atoms with Gasteiger partial charge in [0, 0.05) is 38.0 Å². The summed E-state index contributed by atoms with van der Waals surface area (Å²) in [5, 5.41) is 0.0956. The largest absolute Gasteiger partial charge is 0.338 e. The first-order chi connectivity index (χ1) is 8.50. The third kappa shape index (κ3) is 2.24. The molecule has 0 unspecified atom stereocenters. The second-order valence-electron chi connectivity index (χ2n) is 4.03. The molecule has 7 heteroatoms. The minimum atomic E-state index is -0.496. The smallest absolute Gasteiger partial charge is 0.329 e. The molecule has 0 aliphatic rings. The van der Waals surface area contributed by atoms with Crippen molar-refractivity contribution in [1.82, 2.24) is 19.1 Å². The maximum atomic E-state index is 11.9. The zero-order valence-corrected chi connectivity index (χ0v) is 10.9. The van der Waals surface area contributed by atoms with Gasteiger partial charge in [0.25, 0.3) is 5.56 Å². The average Bonchev–Trinajstić information content (AvgIpc) is 2.72. The highest BCUT2D eigenvalue weighted by atomic mass is 35.5. The van der Waals surface area contributed by atoms with Crippen LogP contribution >= 0.6 is 11.6 Å². The van der Waals surface area contributed by atoms with E-state index in [0.717, 1.165) is 10.4 Å². The number of imidazole rings is 1. The number of H-pyrrole nitrogens is 1. The van der Waals surface area contributed by atoms with Gasteiger partial charge in [0.2, 0.25) is 0 Å². The lowest BCUT2D eigenvalue weighted by Gasteiger charge is -2.06. The fourth-order valence-electron chi connectivity index (χ4n) is 1.70. The molecule has 0 aliphatic heterocycles. The quantitative estimate of drug-likeness (QED) is 0.823. The summed E-state index contributed by atoms with van der Waals surface area (Å²) < 4.78 is 2.98. The Hall–Kier alpha value is -1.82. The van der Waals surface area contributed by atoms with Gasteiger partial charge in [-0.1, -0.05) is 11.6 Å². The molecular weight excluding hydrogens is 256 g/mol. The van der Waals surface area contributed by atoms with E-state index in [1.807, 2.05) is 17.8 Å². The molecule has 2 heterocycles. The summed E-state index contributed by atoms with van der Waals surface area (Å²) in [6, 6.07) is 0. The Morgan fingerprint density at radius 3 is 2.78 bits per heavy atom. The predicted octanol–water partition coefficient (Wildman–Crippen LogP) is 0.475. The summed E-state index contributed by atoms with van der Waals surface area (Å²) in [6.45, 7) is 1.86. The fraction of sp³-hybridized carbons (Fsp3) is 0.364. The predicted molar refractivity (Wildman–Crippen MR) is 68.0 cm³/mol. The van der Waals surface area contributed by atoms with Crippen LogP contribution in [0.3, 0.4) is 0 Å². The lowest BCUT2D eigenvalue weighted by atomic mass is 10.3. The maximum absolute atomic E-state index is 11.9. The highest BCUT2D eigenvalue weighted by molar-refractivity contribution is 6.30. The Bertz CT molecular complexity index is 683. The number of nitrogens with one attached hydrogen (secondary N) is 1. The number of aryl methyl sites for hydroxylation is 2. The number of hydrogen-bond acceptors (Lipinski definition) is 3. The molecule has 0 aliphatic carbocycles. The van der Waals surface area contributed by atoms with Crippen molar-refractivity contribution in [2.24, 2.45) is 7.05 Å². The number of rotatable bonds is 3. The van der Waals surface area contributed by atoms with Gasteiger partial charge in [-0.15, -0.1) is 0 Å². The monoisotopic (exact) mass is 268 g/mol. The Morgan fingerprint density at radius 2 is 2.17 bits per heavy atom. The zero-order chi connectivity index (χ0) is 13.3. The molecule has 0 aromatic carbocycles. The van der Waals surface area contributed by atoms with Crippen LogP contribution in [0.2, 0.25) is 5.15 Å². The van der Waals surface area contributed by atoms with Gasteiger partial charge in [0.05, 0.1) is 0 Å². The summed E-state index contributed by atoms with van der Waals surface area (Å²) in [5.74, 6) is 0.814. The molecular formula is C11H13ClN4O2. The van der Waals surface area contributed by atoms with Crippen molar-refractivity contribution in [3.63, 3.8) is 0 Å². The van der Waals surface area contributed by atoms with E-state index in [1.54, 1.807) is 13.1 Å². The van der Waals surface area contributed by atoms with Crippen LogP contribution in [0, 0.1) is 6.92 Å². The first-order valence-electron chi connectivity index (χ1n) is 5.46. The summed E-state index contributed by atoms with van der Waals surface area (Å²) in [6.07, 6.45) is 4.00. The van der Waals surface area contributed by atoms with Crippen LogP contribution in [-0.4, -0.2) is 19.1 Å². The van der Waals surface area contributed by atoms with E-state index in [0.29, 0.717) is 12.0 Å². The first kappa shape index (κ1) is 12.6. The molecule has 1 N–H and O–H groups in total. The number of aromatic amines is 1. The second kappa shape index (κ2) is 4.81. The molecule has 2 aromatic rings. The minimum Gasteiger partial charge on any atom is -0.338 e. The molecule has 0 bridgehead atoms. The van der Waals surface area contributed by atoms with E-state index < -0.39 is 5.69 Å². The van der Waals surface area contributed by atoms with E-state index in [-0.39, 0.29) is 17.3 Å². The summed E-state index contributed by atoms with van der Waals surface area (Å²) in [7, 11) is 1.86. The summed E-state index contributed by atoms with van der Waals surface area (Å²) >= 11 is 5.73. The molecule has 0 amide bonds. The lowest BCUT2D eigenvalue weighted by Crippen LogP contribution is -2.37. The molecule has 96 valence electrons. The van der Waals surface area contributed by atoms with E-state index in [9.17, 15) is 9.59 Å². The highest BCUT2D eigenvalue weighted by Crippen LogP contribution is 2.03. The molecule has 2 rings (SSSR count). The number of nitrogens with zero attached hydrogens (tertiary/aromatic N) is 3. The van der Waals surface area contributed by atoms with Crippen molar-refractivity contribution in [3.8, 4) is 0 Å². The molecule has 0 saturated carbocycles. The van der Waals surface area contributed by atoms with Crippen LogP contribution in [0.5, 0.6) is 0 Å². The normalized spacial score (nSPS) is 10.8. The molecule has 0 radical (unpaired) electrons. The molecule has 0 spiro atoms. The van der Waals surface area contributed by atoms with E-state index in [2.05, 4.69) is 9.97 Å². The third-order valence-electron chi connectivity index (χ3n) is 2.84. The van der Waals surface area contributed by atoms with E-state index >= 15 is 0 Å². The van der Waals surface area contributed by atoms with Gasteiger partial charge < -0.3 is 4.57 Å². The first-order valence-corrected chi connectivity index (χ1v) is 5.84. The van der Waals surface area contributed by atoms with Gasteiger partial charge in [0.1, 0.15) is 11.0 Å². The van der Waals surface area contributed by atoms with Crippen LogP contribution < -0.4 is 11.2 Å². The van der Waals surface area contributed by atoms with Crippen molar-refractivity contribution in [2.75, 3.05) is 0 Å². The van der Waals surface area contributed by atoms with Crippen molar-refractivity contribution in [3.05, 3.63) is 49.8 Å². The second-order valence-corrected chi connectivity index (χ2v) is 4.41. The fourth-order valence-corrected chi connectivity index (χ4v) is 1.86. The topological polar surface area (TPSA) is 72.7 Å². The molecule has 0 fully saturated rings. The van der Waals surface area contributed by atoms with E-state index in [1.165, 1.54) is 0 Å². The number of aromatic nitrogens is 4. The Morgan fingerprint density at radius 1 is 1.44 bits per heavy atom. The van der Waals surface area contributed by atoms with Gasteiger partial charge in [-0.25, -0.2) is 9.78 Å². The van der Waals surface area contributed by atoms with Gasteiger partial charge in [0.15, 0.2) is 0 Å². The molecule has 2 aromatic heterocycles. The average molecular weight is 269 g/mol. The molecule has 0 saturated heterocycles. The SMILES string of the molecule is Cc1c(Cl)[nH]c(=O)n(CCc2nccn2C)c1=O. The van der Waals surface area contributed by atoms with Crippen molar-refractivity contribution in [1.29, 1.82) is 0 Å². The van der Waals surface area contributed by atoms with Gasteiger partial charge in [-0.3, -0.25) is 14.3 Å². The Labute approximate surface area is 108 Å². The Balaban J connectivity index is 2.31. The molecule has 18 heavy (non-hydrogen) atoms. The summed E-state index contributed by atoms with van der Waals surface area (Å²) in [5.41, 5.74) is -0.515. The van der Waals surface area contributed by atoms with E-state index in [4.69, 9.17) is 11.6 Å². The number of halogens is 1. The van der Waals surface area contributed by atoms with Crippen molar-refractivity contribution >= 4 is 11.6 Å². The summed E-state index contributed by atoms with van der Waals surface area (Å²) in [4.78, 5) is 30.1. The highest BCUT2D eigenvalue weighted by Gasteiger charge is 2.09. The minimum absolute atomic E-state index is 0.0956. The molecule has 6 nitrogen and oxygen atoms in total. The van der Waals surface area contributed by atoms with Gasteiger partial charge in [-0.05, 0) is 6.92 Å². The maximum Gasteiger partial charge on any atom is 0.329 e. The van der Waals surface area contributed by atoms with Gasteiger partial charge >= 0.3 is 5.69 Å². The van der Waals surface area contributed by atoms with Gasteiger partial charge in [-0.2, -0.15) is 0 Å².